The maximum Gasteiger partial charge on any atom is 0.327 e. The first kappa shape index (κ1) is 25.6. The summed E-state index contributed by atoms with van der Waals surface area (Å²) in [4.78, 5) is 58.5. The minimum Gasteiger partial charge on any atom is -0.481 e. The molecule has 0 aliphatic carbocycles. The molecule has 0 aromatic heterocycles. The van der Waals surface area contributed by atoms with Crippen molar-refractivity contribution < 1.29 is 39.3 Å². The van der Waals surface area contributed by atoms with Crippen molar-refractivity contribution in [3.05, 3.63) is 0 Å². The summed E-state index contributed by atoms with van der Waals surface area (Å²) >= 11 is 3.83. The lowest BCUT2D eigenvalue weighted by Crippen LogP contribution is -2.59. The summed E-state index contributed by atoms with van der Waals surface area (Å²) < 4.78 is 0. The van der Waals surface area contributed by atoms with Gasteiger partial charge in [0, 0.05) is 5.75 Å². The Kier molecular flexibility index (Phi) is 11.1. The van der Waals surface area contributed by atoms with Gasteiger partial charge in [-0.15, -0.1) is 0 Å². The smallest absolute Gasteiger partial charge is 0.327 e. The van der Waals surface area contributed by atoms with Crippen molar-refractivity contribution in [2.75, 3.05) is 12.4 Å². The monoisotopic (exact) mass is 422 g/mol. The highest BCUT2D eigenvalue weighted by molar-refractivity contribution is 7.80. The van der Waals surface area contributed by atoms with Crippen LogP contribution in [0.25, 0.3) is 0 Å². The number of nitrogens with two attached hydrogens (primary N) is 1. The van der Waals surface area contributed by atoms with Gasteiger partial charge < -0.3 is 37.0 Å². The molecule has 28 heavy (non-hydrogen) atoms. The van der Waals surface area contributed by atoms with Crippen LogP contribution in [0.1, 0.15) is 20.3 Å². The molecule has 0 rings (SSSR count). The van der Waals surface area contributed by atoms with Gasteiger partial charge in [-0.2, -0.15) is 12.6 Å². The summed E-state index contributed by atoms with van der Waals surface area (Å²) in [5.41, 5.74) is 5.32. The summed E-state index contributed by atoms with van der Waals surface area (Å²) in [6, 6.07) is -5.41. The number of aliphatic hydroxyl groups is 1. The quantitative estimate of drug-likeness (QED) is 0.150. The number of aliphatic hydroxyl groups excluding tert-OH is 1. The third-order valence-corrected chi connectivity index (χ3v) is 3.95. The van der Waals surface area contributed by atoms with Gasteiger partial charge in [0.2, 0.25) is 17.7 Å². The van der Waals surface area contributed by atoms with Crippen LogP contribution in [-0.4, -0.2) is 81.5 Å². The molecule has 13 heteroatoms. The van der Waals surface area contributed by atoms with Crippen molar-refractivity contribution in [3.8, 4) is 0 Å². The Morgan fingerprint density at radius 3 is 1.86 bits per heavy atom. The third kappa shape index (κ3) is 8.54. The molecule has 0 saturated carbocycles. The van der Waals surface area contributed by atoms with E-state index in [1.807, 2.05) is 0 Å². The molecule has 4 atom stereocenters. The van der Waals surface area contributed by atoms with Gasteiger partial charge in [0.1, 0.15) is 24.2 Å². The van der Waals surface area contributed by atoms with Gasteiger partial charge in [0.15, 0.2) is 0 Å². The van der Waals surface area contributed by atoms with Crippen LogP contribution in [0, 0.1) is 5.92 Å². The molecule has 0 saturated heterocycles. The second-order valence-electron chi connectivity index (χ2n) is 6.26. The van der Waals surface area contributed by atoms with Gasteiger partial charge in [0.25, 0.3) is 0 Å². The van der Waals surface area contributed by atoms with Gasteiger partial charge in [-0.1, -0.05) is 13.8 Å². The zero-order valence-corrected chi connectivity index (χ0v) is 16.3. The van der Waals surface area contributed by atoms with Gasteiger partial charge in [-0.25, -0.2) is 4.79 Å². The van der Waals surface area contributed by atoms with E-state index in [-0.39, 0.29) is 5.75 Å². The predicted molar refractivity (Wildman–Crippen MR) is 99.4 cm³/mol. The molecule has 0 radical (unpaired) electrons. The Balaban J connectivity index is 5.32. The van der Waals surface area contributed by atoms with Gasteiger partial charge >= 0.3 is 11.9 Å². The number of amides is 3. The van der Waals surface area contributed by atoms with Crippen LogP contribution in [-0.2, 0) is 24.0 Å². The highest BCUT2D eigenvalue weighted by atomic mass is 32.1. The summed E-state index contributed by atoms with van der Waals surface area (Å²) in [6.45, 7) is 2.44. The minimum atomic E-state index is -1.56. The average Bonchev–Trinajstić information content (AvgIpc) is 2.61. The predicted octanol–water partition coefficient (Wildman–Crippen LogP) is -3.09. The molecule has 0 aliphatic rings. The van der Waals surface area contributed by atoms with Gasteiger partial charge in [-0.3, -0.25) is 19.2 Å². The molecule has 0 aromatic rings. The molecular weight excluding hydrogens is 396 g/mol. The lowest BCUT2D eigenvalue weighted by Gasteiger charge is -2.26. The second kappa shape index (κ2) is 12.2. The van der Waals surface area contributed by atoms with E-state index >= 15 is 0 Å². The summed E-state index contributed by atoms with van der Waals surface area (Å²) in [7, 11) is 0. The van der Waals surface area contributed by atoms with Crippen molar-refractivity contribution in [2.45, 2.75) is 44.4 Å². The molecule has 3 amide bonds. The first-order chi connectivity index (χ1) is 12.9. The molecular formula is C15H26N4O8S. The van der Waals surface area contributed by atoms with Crippen LogP contribution in [0.5, 0.6) is 0 Å². The molecule has 0 fully saturated rings. The van der Waals surface area contributed by atoms with E-state index in [0.717, 1.165) is 0 Å². The van der Waals surface area contributed by atoms with E-state index in [4.69, 9.17) is 21.1 Å². The van der Waals surface area contributed by atoms with E-state index < -0.39 is 72.8 Å². The number of aliphatic carboxylic acids is 2. The van der Waals surface area contributed by atoms with Crippen molar-refractivity contribution in [1.29, 1.82) is 0 Å². The number of nitrogens with one attached hydrogen (secondary N) is 3. The normalized spacial score (nSPS) is 15.1. The van der Waals surface area contributed by atoms with Crippen LogP contribution in [0.2, 0.25) is 0 Å². The van der Waals surface area contributed by atoms with E-state index in [2.05, 4.69) is 28.6 Å². The lowest BCUT2D eigenvalue weighted by atomic mass is 10.0. The van der Waals surface area contributed by atoms with E-state index in [0.29, 0.717) is 0 Å². The minimum absolute atomic E-state index is 0.184. The topological polar surface area (TPSA) is 208 Å². The van der Waals surface area contributed by atoms with Crippen molar-refractivity contribution in [1.82, 2.24) is 16.0 Å². The van der Waals surface area contributed by atoms with Crippen LogP contribution in [0.4, 0.5) is 0 Å². The molecule has 0 aliphatic heterocycles. The van der Waals surface area contributed by atoms with E-state index in [1.165, 1.54) is 0 Å². The number of rotatable bonds is 12. The number of hydrogen-bond donors (Lipinski definition) is 8. The van der Waals surface area contributed by atoms with Crippen LogP contribution in [0.15, 0.2) is 0 Å². The highest BCUT2D eigenvalue weighted by Gasteiger charge is 2.32. The van der Waals surface area contributed by atoms with E-state index in [1.54, 1.807) is 13.8 Å². The molecule has 8 N–H and O–H groups in total. The SMILES string of the molecule is CC(C)C(NC(=O)C(CC(=O)O)NC(=O)C(N)CO)C(=O)NC(CS)C(=O)O. The molecule has 0 heterocycles. The summed E-state index contributed by atoms with van der Waals surface area (Å²) in [6.07, 6.45) is -0.795. The fraction of sp³-hybridized carbons (Fsp3) is 0.667. The molecule has 0 bridgehead atoms. The number of thiol groups is 1. The Hall–Kier alpha value is -2.38. The third-order valence-electron chi connectivity index (χ3n) is 3.59. The first-order valence-corrected chi connectivity index (χ1v) is 8.90. The Bertz CT molecular complexity index is 601. The summed E-state index contributed by atoms with van der Waals surface area (Å²) in [5.74, 6) is -6.12. The number of hydrogen-bond acceptors (Lipinski definition) is 8. The largest absolute Gasteiger partial charge is 0.481 e. The van der Waals surface area contributed by atoms with Crippen LogP contribution in [0.3, 0.4) is 0 Å². The fourth-order valence-electron chi connectivity index (χ4n) is 1.98. The molecule has 0 spiro atoms. The number of carboxylic acids is 2. The number of carbonyl (C=O) groups is 5. The zero-order valence-electron chi connectivity index (χ0n) is 15.4. The van der Waals surface area contributed by atoms with Crippen LogP contribution >= 0.6 is 12.6 Å². The maximum absolute atomic E-state index is 12.4. The van der Waals surface area contributed by atoms with Crippen molar-refractivity contribution in [3.63, 3.8) is 0 Å². The van der Waals surface area contributed by atoms with Gasteiger partial charge in [0.05, 0.1) is 13.0 Å². The second-order valence-corrected chi connectivity index (χ2v) is 6.63. The molecule has 160 valence electrons. The summed E-state index contributed by atoms with van der Waals surface area (Å²) in [5, 5.41) is 33.4. The average molecular weight is 422 g/mol. The maximum atomic E-state index is 12.4. The molecule has 12 nitrogen and oxygen atoms in total. The standard InChI is InChI=1S/C15H26N4O8S/c1-6(2)11(14(25)18-9(5-28)15(26)27)19-13(24)8(3-10(21)22)17-12(23)7(16)4-20/h6-9,11,20,28H,3-5,16H2,1-2H3,(H,17,23)(H,18,25)(H,19,24)(H,21,22)(H,26,27). The lowest BCUT2D eigenvalue weighted by molar-refractivity contribution is -0.143. The number of carboxylic acid groups (broad SMARTS) is 2. The highest BCUT2D eigenvalue weighted by Crippen LogP contribution is 2.05. The van der Waals surface area contributed by atoms with Crippen molar-refractivity contribution >= 4 is 42.3 Å². The Morgan fingerprint density at radius 2 is 1.46 bits per heavy atom. The molecule has 0 aromatic carbocycles. The Labute approximate surface area is 166 Å². The number of carbonyl (C=O) groups excluding carboxylic acids is 3. The van der Waals surface area contributed by atoms with Crippen molar-refractivity contribution in [2.24, 2.45) is 11.7 Å². The molecule has 4 unspecified atom stereocenters. The van der Waals surface area contributed by atoms with Gasteiger partial charge in [-0.05, 0) is 5.92 Å². The fourth-order valence-corrected chi connectivity index (χ4v) is 2.23. The zero-order chi connectivity index (χ0) is 22.0. The Morgan fingerprint density at radius 1 is 0.929 bits per heavy atom. The van der Waals surface area contributed by atoms with Crippen LogP contribution < -0.4 is 21.7 Å². The van der Waals surface area contributed by atoms with E-state index in [9.17, 15) is 24.0 Å². The first-order valence-electron chi connectivity index (χ1n) is 8.27.